The quantitative estimate of drug-likeness (QED) is 0.174. The number of hydroxylamine groups is 1. The molecule has 0 radical (unpaired) electrons. The lowest BCUT2D eigenvalue weighted by atomic mass is 10.1. The number of nitrogens with one attached hydrogen (secondary N) is 2. The normalized spacial score (nSPS) is 15.3. The van der Waals surface area contributed by atoms with E-state index >= 15 is 0 Å². The lowest BCUT2D eigenvalue weighted by Crippen LogP contribution is -2.49. The summed E-state index contributed by atoms with van der Waals surface area (Å²) in [5, 5.41) is 22.1. The molecule has 1 aliphatic rings. The third kappa shape index (κ3) is 9.68. The molecule has 0 saturated heterocycles. The summed E-state index contributed by atoms with van der Waals surface area (Å²) < 4.78 is 5.91. The van der Waals surface area contributed by atoms with Gasteiger partial charge in [-0.25, -0.2) is 5.48 Å². The second kappa shape index (κ2) is 14.2. The second-order valence-electron chi connectivity index (χ2n) is 10.9. The monoisotopic (exact) mass is 523 g/mol. The van der Waals surface area contributed by atoms with Gasteiger partial charge in [-0.15, -0.1) is 0 Å². The molecular weight excluding hydrogens is 482 g/mol. The Bertz CT molecular complexity index is 1070. The van der Waals surface area contributed by atoms with E-state index in [9.17, 15) is 14.7 Å². The van der Waals surface area contributed by atoms with Gasteiger partial charge in [0.1, 0.15) is 6.04 Å². The van der Waals surface area contributed by atoms with E-state index in [1.807, 2.05) is 45.0 Å². The summed E-state index contributed by atoms with van der Waals surface area (Å²) in [6.07, 6.45) is 7.23. The van der Waals surface area contributed by atoms with Gasteiger partial charge in [-0.2, -0.15) is 0 Å². The highest BCUT2D eigenvalue weighted by molar-refractivity contribution is 5.90. The van der Waals surface area contributed by atoms with Crippen molar-refractivity contribution < 1.29 is 24.6 Å². The largest absolute Gasteiger partial charge is 0.480 e. The third-order valence-electron chi connectivity index (χ3n) is 6.69. The Morgan fingerprint density at radius 3 is 2.34 bits per heavy atom. The molecule has 38 heavy (non-hydrogen) atoms. The number of carbonyl (C=O) groups excluding carboxylic acids is 1. The molecule has 2 aromatic rings. The van der Waals surface area contributed by atoms with Crippen LogP contribution in [-0.4, -0.2) is 51.4 Å². The van der Waals surface area contributed by atoms with Gasteiger partial charge in [0.2, 0.25) is 0 Å². The maximum Gasteiger partial charge on any atom is 0.323 e. The number of aliphatic carboxylic acids is 1. The molecule has 8 heteroatoms. The average Bonchev–Trinajstić information content (AvgIpc) is 3.42. The van der Waals surface area contributed by atoms with E-state index in [1.165, 1.54) is 6.08 Å². The van der Waals surface area contributed by atoms with Crippen molar-refractivity contribution in [2.75, 3.05) is 6.61 Å². The highest BCUT2D eigenvalue weighted by atomic mass is 16.5. The molecule has 1 saturated carbocycles. The van der Waals surface area contributed by atoms with E-state index in [2.05, 4.69) is 34.5 Å². The lowest BCUT2D eigenvalue weighted by Gasteiger charge is -2.35. The fourth-order valence-corrected chi connectivity index (χ4v) is 4.71. The summed E-state index contributed by atoms with van der Waals surface area (Å²) in [6.45, 7) is 7.96. The van der Waals surface area contributed by atoms with Crippen molar-refractivity contribution in [3.05, 3.63) is 76.9 Å². The van der Waals surface area contributed by atoms with Crippen LogP contribution in [0.5, 0.6) is 0 Å². The number of ether oxygens (including phenoxy) is 1. The number of carbonyl (C=O) groups is 2. The van der Waals surface area contributed by atoms with Crippen LogP contribution < -0.4 is 10.8 Å². The maximum atomic E-state index is 12.2. The van der Waals surface area contributed by atoms with Crippen LogP contribution in [0.25, 0.3) is 6.08 Å². The minimum Gasteiger partial charge on any atom is -0.480 e. The standard InChI is InChI=1S/C30H41N3O5/c1-30(2,3)38-21-27(29(35)36)33(26-9-4-5-10-26)20-24-13-11-23(12-14-24)18-31-19-25-8-6-7-22(17-25)15-16-28(34)32-37/h6-8,11-17,26-27,31,37H,4-5,9-10,18-21H2,1-3H3,(H,32,34)(H,35,36). The average molecular weight is 524 g/mol. The van der Waals surface area contributed by atoms with Crippen LogP contribution in [0.2, 0.25) is 0 Å². The van der Waals surface area contributed by atoms with Gasteiger partial charge in [0.05, 0.1) is 12.2 Å². The Morgan fingerprint density at radius 2 is 1.71 bits per heavy atom. The van der Waals surface area contributed by atoms with E-state index in [-0.39, 0.29) is 12.6 Å². The first kappa shape index (κ1) is 29.5. The second-order valence-corrected chi connectivity index (χ2v) is 10.9. The molecule has 0 aliphatic heterocycles. The van der Waals surface area contributed by atoms with Crippen molar-refractivity contribution in [3.63, 3.8) is 0 Å². The third-order valence-corrected chi connectivity index (χ3v) is 6.69. The van der Waals surface area contributed by atoms with Crippen LogP contribution in [0, 0.1) is 0 Å². The summed E-state index contributed by atoms with van der Waals surface area (Å²) >= 11 is 0. The molecule has 0 heterocycles. The first-order chi connectivity index (χ1) is 18.1. The van der Waals surface area contributed by atoms with Gasteiger partial charge in [0.15, 0.2) is 0 Å². The molecule has 1 atom stereocenters. The van der Waals surface area contributed by atoms with Crippen LogP contribution in [0.4, 0.5) is 0 Å². The number of rotatable bonds is 13. The summed E-state index contributed by atoms with van der Waals surface area (Å²) in [5.74, 6) is -1.40. The maximum absolute atomic E-state index is 12.2. The number of hydrogen-bond acceptors (Lipinski definition) is 6. The Morgan fingerprint density at radius 1 is 1.05 bits per heavy atom. The predicted octanol–water partition coefficient (Wildman–Crippen LogP) is 4.51. The molecule has 0 bridgehead atoms. The molecule has 8 nitrogen and oxygen atoms in total. The summed E-state index contributed by atoms with van der Waals surface area (Å²) in [6, 6.07) is 15.7. The number of carboxylic acids is 1. The highest BCUT2D eigenvalue weighted by Gasteiger charge is 2.34. The number of nitrogens with zero attached hydrogens (tertiary/aromatic N) is 1. The van der Waals surface area contributed by atoms with Crippen LogP contribution >= 0.6 is 0 Å². The highest BCUT2D eigenvalue weighted by Crippen LogP contribution is 2.28. The van der Waals surface area contributed by atoms with Crippen molar-refractivity contribution in [1.29, 1.82) is 0 Å². The molecule has 1 aliphatic carbocycles. The van der Waals surface area contributed by atoms with E-state index in [0.717, 1.165) is 47.9 Å². The smallest absolute Gasteiger partial charge is 0.323 e. The minimum atomic E-state index is -0.835. The first-order valence-corrected chi connectivity index (χ1v) is 13.3. The zero-order valence-electron chi connectivity index (χ0n) is 22.7. The van der Waals surface area contributed by atoms with Crippen molar-refractivity contribution in [2.45, 2.75) is 83.8 Å². The predicted molar refractivity (Wildman–Crippen MR) is 147 cm³/mol. The Balaban J connectivity index is 1.59. The van der Waals surface area contributed by atoms with E-state index in [4.69, 9.17) is 9.94 Å². The Labute approximate surface area is 225 Å². The molecule has 1 unspecified atom stereocenters. The van der Waals surface area contributed by atoms with Crippen molar-refractivity contribution in [3.8, 4) is 0 Å². The topological polar surface area (TPSA) is 111 Å². The SMILES string of the molecule is CC(C)(C)OCC(C(=O)O)N(Cc1ccc(CNCc2cccc(C=CC(=O)NO)c2)cc1)C1CCCC1. The van der Waals surface area contributed by atoms with Crippen LogP contribution in [0.3, 0.4) is 0 Å². The zero-order valence-corrected chi connectivity index (χ0v) is 22.7. The molecule has 2 aromatic carbocycles. The van der Waals surface area contributed by atoms with Crippen LogP contribution in [0.1, 0.15) is 68.7 Å². The fraction of sp³-hybridized carbons (Fsp3) is 0.467. The Hall–Kier alpha value is -3.04. The molecule has 4 N–H and O–H groups in total. The minimum absolute atomic E-state index is 0.170. The van der Waals surface area contributed by atoms with Crippen LogP contribution in [-0.2, 0) is 34.0 Å². The van der Waals surface area contributed by atoms with Gasteiger partial charge in [0.25, 0.3) is 5.91 Å². The van der Waals surface area contributed by atoms with Crippen molar-refractivity contribution in [2.24, 2.45) is 0 Å². The molecule has 0 aromatic heterocycles. The van der Waals surface area contributed by atoms with Crippen molar-refractivity contribution >= 4 is 18.0 Å². The zero-order chi connectivity index (χ0) is 27.5. The summed E-state index contributed by atoms with van der Waals surface area (Å²) in [7, 11) is 0. The number of benzene rings is 2. The molecule has 1 amide bonds. The lowest BCUT2D eigenvalue weighted by molar-refractivity contribution is -0.150. The van der Waals surface area contributed by atoms with E-state index < -0.39 is 23.5 Å². The van der Waals surface area contributed by atoms with E-state index in [1.54, 1.807) is 11.6 Å². The molecule has 3 rings (SSSR count). The molecule has 1 fully saturated rings. The van der Waals surface area contributed by atoms with Crippen molar-refractivity contribution in [1.82, 2.24) is 15.7 Å². The van der Waals surface area contributed by atoms with Gasteiger partial charge in [-0.1, -0.05) is 61.4 Å². The number of amides is 1. The van der Waals surface area contributed by atoms with Gasteiger partial charge in [-0.3, -0.25) is 19.7 Å². The molecular formula is C30H41N3O5. The summed E-state index contributed by atoms with van der Waals surface area (Å²) in [4.78, 5) is 25.5. The Kier molecular flexibility index (Phi) is 11.0. The van der Waals surface area contributed by atoms with Gasteiger partial charge < -0.3 is 15.2 Å². The molecule has 0 spiro atoms. The van der Waals surface area contributed by atoms with Crippen LogP contribution in [0.15, 0.2) is 54.6 Å². The summed E-state index contributed by atoms with van der Waals surface area (Å²) in [5.41, 5.74) is 5.37. The first-order valence-electron chi connectivity index (χ1n) is 13.3. The van der Waals surface area contributed by atoms with Gasteiger partial charge in [0, 0.05) is 31.8 Å². The molecule has 206 valence electrons. The van der Waals surface area contributed by atoms with Gasteiger partial charge in [-0.05, 0) is 61.9 Å². The fourth-order valence-electron chi connectivity index (χ4n) is 4.71. The number of hydrogen-bond donors (Lipinski definition) is 4. The van der Waals surface area contributed by atoms with E-state index in [0.29, 0.717) is 19.6 Å². The number of carboxylic acid groups (broad SMARTS) is 1. The van der Waals surface area contributed by atoms with Gasteiger partial charge >= 0.3 is 5.97 Å².